The van der Waals surface area contributed by atoms with E-state index in [-0.39, 0.29) is 17.7 Å². The van der Waals surface area contributed by atoms with Crippen molar-refractivity contribution in [2.24, 2.45) is 4.99 Å². The topological polar surface area (TPSA) is 79.1 Å². The summed E-state index contributed by atoms with van der Waals surface area (Å²) in [5, 5.41) is 0.425. The van der Waals surface area contributed by atoms with Gasteiger partial charge in [-0.15, -0.1) is 0 Å². The molecule has 1 aromatic heterocycles. The van der Waals surface area contributed by atoms with Crippen LogP contribution < -0.4 is 24.4 Å². The monoisotopic (exact) mass is 730 g/mol. The van der Waals surface area contributed by atoms with E-state index < -0.39 is 12.0 Å². The van der Waals surface area contributed by atoms with Gasteiger partial charge in [0.2, 0.25) is 0 Å². The number of halogens is 3. The van der Waals surface area contributed by atoms with Crippen LogP contribution in [0.15, 0.2) is 90.7 Å². The Morgan fingerprint density at radius 2 is 1.86 bits per heavy atom. The second kappa shape index (κ2) is 13.0. The van der Waals surface area contributed by atoms with Gasteiger partial charge in [0, 0.05) is 19.5 Å². The van der Waals surface area contributed by atoms with Crippen LogP contribution in [0.5, 0.6) is 11.5 Å². The summed E-state index contributed by atoms with van der Waals surface area (Å²) >= 11 is 14.8. The highest BCUT2D eigenvalue weighted by molar-refractivity contribution is 9.10. The number of methoxy groups -OCH3 is 1. The van der Waals surface area contributed by atoms with Crippen LogP contribution in [0.2, 0.25) is 5.02 Å². The molecule has 0 spiro atoms. The van der Waals surface area contributed by atoms with Gasteiger partial charge in [0.25, 0.3) is 5.56 Å². The summed E-state index contributed by atoms with van der Waals surface area (Å²) in [6.45, 7) is 3.95. The average molecular weight is 733 g/mol. The number of ether oxygens (including phenoxy) is 3. The summed E-state index contributed by atoms with van der Waals surface area (Å²) in [6.07, 6.45) is 1.75. The molecule has 0 saturated carbocycles. The van der Waals surface area contributed by atoms with E-state index >= 15 is 0 Å². The minimum Gasteiger partial charge on any atom is -0.493 e. The van der Waals surface area contributed by atoms with E-state index in [9.17, 15) is 9.59 Å². The van der Waals surface area contributed by atoms with Gasteiger partial charge in [0.1, 0.15) is 12.6 Å². The lowest BCUT2D eigenvalue weighted by Crippen LogP contribution is -2.40. The third kappa shape index (κ3) is 6.13. The van der Waals surface area contributed by atoms with Crippen LogP contribution in [-0.4, -0.2) is 24.3 Å². The van der Waals surface area contributed by atoms with E-state index in [1.807, 2.05) is 42.5 Å². The third-order valence-electron chi connectivity index (χ3n) is 6.57. The standard InChI is InChI=1S/C31H25Br2ClN2O5S/c1-4-40-30(38)26-17(2)35-31-36(27(26)22-7-5-6-8-23(22)34)29(37)25(42-31)14-19-13-21(33)15-24(39-3)28(19)41-16-18-9-11-20(32)12-10-18/h5-15,27H,4,16H2,1-3H3/b25-14-/t27-/m0/s1. The summed E-state index contributed by atoms with van der Waals surface area (Å²) in [4.78, 5) is 32.3. The van der Waals surface area contributed by atoms with Crippen molar-refractivity contribution in [3.63, 3.8) is 0 Å². The molecule has 0 bridgehead atoms. The number of fused-ring (bicyclic) bond motifs is 1. The molecule has 7 nitrogen and oxygen atoms in total. The van der Waals surface area contributed by atoms with Gasteiger partial charge < -0.3 is 14.2 Å². The Bertz CT molecular complexity index is 1880. The molecule has 1 atom stereocenters. The van der Waals surface area contributed by atoms with E-state index in [4.69, 9.17) is 25.8 Å². The number of carbonyl (C=O) groups excluding carboxylic acids is 1. The van der Waals surface area contributed by atoms with E-state index in [0.717, 1.165) is 14.5 Å². The predicted octanol–water partition coefficient (Wildman–Crippen LogP) is 6.56. The lowest BCUT2D eigenvalue weighted by molar-refractivity contribution is -0.139. The largest absolute Gasteiger partial charge is 0.493 e. The lowest BCUT2D eigenvalue weighted by atomic mass is 9.96. The molecule has 0 fully saturated rings. The highest BCUT2D eigenvalue weighted by Gasteiger charge is 2.34. The molecular formula is C31H25Br2ClN2O5S. The minimum absolute atomic E-state index is 0.184. The Morgan fingerprint density at radius 3 is 2.55 bits per heavy atom. The summed E-state index contributed by atoms with van der Waals surface area (Å²) in [5.41, 5.74) is 2.62. The third-order valence-corrected chi connectivity index (χ3v) is 8.88. The SMILES string of the molecule is CCOC(=O)C1=C(C)N=c2s/c(=C\c3cc(Br)cc(OC)c3OCc3ccc(Br)cc3)c(=O)n2[C@H]1c1ccccc1Cl. The van der Waals surface area contributed by atoms with Gasteiger partial charge in [-0.05, 0) is 61.4 Å². The van der Waals surface area contributed by atoms with Crippen LogP contribution in [0.3, 0.4) is 0 Å². The van der Waals surface area contributed by atoms with Gasteiger partial charge in [-0.2, -0.15) is 0 Å². The van der Waals surface area contributed by atoms with Gasteiger partial charge in [-0.25, -0.2) is 9.79 Å². The molecule has 0 N–H and O–H groups in total. The molecule has 42 heavy (non-hydrogen) atoms. The smallest absolute Gasteiger partial charge is 0.338 e. The van der Waals surface area contributed by atoms with E-state index in [0.29, 0.717) is 49.3 Å². The quantitative estimate of drug-likeness (QED) is 0.192. The highest BCUT2D eigenvalue weighted by atomic mass is 79.9. The van der Waals surface area contributed by atoms with Crippen LogP contribution in [0.1, 0.15) is 36.6 Å². The number of aromatic nitrogens is 1. The fourth-order valence-electron chi connectivity index (χ4n) is 4.66. The molecule has 0 saturated heterocycles. The van der Waals surface area contributed by atoms with Gasteiger partial charge in [-0.1, -0.05) is 85.1 Å². The lowest BCUT2D eigenvalue weighted by Gasteiger charge is -2.25. The zero-order valence-electron chi connectivity index (χ0n) is 22.8. The zero-order chi connectivity index (χ0) is 30.0. The van der Waals surface area contributed by atoms with Gasteiger partial charge >= 0.3 is 5.97 Å². The van der Waals surface area contributed by atoms with Crippen LogP contribution in [-0.2, 0) is 16.1 Å². The number of rotatable bonds is 8. The second-order valence-corrected chi connectivity index (χ2v) is 12.5. The van der Waals surface area contributed by atoms with Gasteiger partial charge in [-0.3, -0.25) is 9.36 Å². The van der Waals surface area contributed by atoms with Crippen molar-refractivity contribution in [3.05, 3.63) is 122 Å². The van der Waals surface area contributed by atoms with Crippen molar-refractivity contribution < 1.29 is 19.0 Å². The van der Waals surface area contributed by atoms with Gasteiger partial charge in [0.05, 0.1) is 29.5 Å². The molecule has 4 aromatic rings. The number of hydrogen-bond donors (Lipinski definition) is 0. The highest BCUT2D eigenvalue weighted by Crippen LogP contribution is 2.37. The molecule has 11 heteroatoms. The van der Waals surface area contributed by atoms with Crippen molar-refractivity contribution in [2.75, 3.05) is 13.7 Å². The second-order valence-electron chi connectivity index (χ2n) is 9.27. The number of nitrogens with zero attached hydrogens (tertiary/aromatic N) is 2. The maximum Gasteiger partial charge on any atom is 0.338 e. The van der Waals surface area contributed by atoms with Crippen LogP contribution >= 0.6 is 54.8 Å². The summed E-state index contributed by atoms with van der Waals surface area (Å²) < 4.78 is 20.9. The maximum absolute atomic E-state index is 14.1. The first-order valence-corrected chi connectivity index (χ1v) is 15.7. The number of carbonyl (C=O) groups is 1. The molecule has 3 aromatic carbocycles. The Labute approximate surface area is 268 Å². The fourth-order valence-corrected chi connectivity index (χ4v) is 6.66. The van der Waals surface area contributed by atoms with Crippen molar-refractivity contribution in [1.29, 1.82) is 0 Å². The van der Waals surface area contributed by atoms with Crippen LogP contribution in [0.25, 0.3) is 6.08 Å². The Hall–Kier alpha value is -3.18. The first kappa shape index (κ1) is 30.3. The Balaban J connectivity index is 1.67. The number of thiazole rings is 1. The van der Waals surface area contributed by atoms with E-state index in [2.05, 4.69) is 36.9 Å². The van der Waals surface area contributed by atoms with E-state index in [1.165, 1.54) is 15.9 Å². The van der Waals surface area contributed by atoms with Crippen molar-refractivity contribution in [2.45, 2.75) is 26.5 Å². The molecule has 0 aliphatic carbocycles. The molecule has 1 aliphatic rings. The molecule has 216 valence electrons. The van der Waals surface area contributed by atoms with Crippen molar-refractivity contribution >= 4 is 66.8 Å². The van der Waals surface area contributed by atoms with Gasteiger partial charge in [0.15, 0.2) is 16.3 Å². The molecule has 0 radical (unpaired) electrons. The Kier molecular flexibility index (Phi) is 9.37. The van der Waals surface area contributed by atoms with Crippen LogP contribution in [0, 0.1) is 0 Å². The number of hydrogen-bond acceptors (Lipinski definition) is 7. The molecule has 0 amide bonds. The summed E-state index contributed by atoms with van der Waals surface area (Å²) in [5.74, 6) is 0.453. The van der Waals surface area contributed by atoms with Crippen molar-refractivity contribution in [1.82, 2.24) is 4.57 Å². The number of esters is 1. The normalized spacial score (nSPS) is 14.8. The average Bonchev–Trinajstić information content (AvgIpc) is 3.26. The number of benzene rings is 3. The predicted molar refractivity (Wildman–Crippen MR) is 171 cm³/mol. The minimum atomic E-state index is -0.804. The molecule has 5 rings (SSSR count). The van der Waals surface area contributed by atoms with Crippen molar-refractivity contribution in [3.8, 4) is 11.5 Å². The molecular weight excluding hydrogens is 708 g/mol. The number of allylic oxidation sites excluding steroid dienone is 1. The molecule has 2 heterocycles. The molecule has 0 unspecified atom stereocenters. The molecule has 1 aliphatic heterocycles. The summed E-state index contributed by atoms with van der Waals surface area (Å²) in [7, 11) is 1.56. The Morgan fingerprint density at radius 1 is 1.12 bits per heavy atom. The fraction of sp³-hybridized carbons (Fsp3) is 0.194. The van der Waals surface area contributed by atoms with E-state index in [1.54, 1.807) is 45.2 Å². The summed E-state index contributed by atoms with van der Waals surface area (Å²) in [6, 6.07) is 17.8. The van der Waals surface area contributed by atoms with Crippen LogP contribution in [0.4, 0.5) is 0 Å². The first-order valence-electron chi connectivity index (χ1n) is 12.9. The zero-order valence-corrected chi connectivity index (χ0v) is 27.6. The maximum atomic E-state index is 14.1. The first-order chi connectivity index (χ1) is 20.2.